The summed E-state index contributed by atoms with van der Waals surface area (Å²) in [6, 6.07) is 6.98. The lowest BCUT2D eigenvalue weighted by Gasteiger charge is -2.26. The van der Waals surface area contributed by atoms with E-state index in [2.05, 4.69) is 6.92 Å². The maximum atomic E-state index is 10.9. The number of carbonyl (C=O) groups is 1. The van der Waals surface area contributed by atoms with Gasteiger partial charge in [-0.3, -0.25) is 0 Å². The summed E-state index contributed by atoms with van der Waals surface area (Å²) in [5, 5.41) is 8.91. The summed E-state index contributed by atoms with van der Waals surface area (Å²) >= 11 is 0. The quantitative estimate of drug-likeness (QED) is 0.887. The molecular formula is C15H20O3. The van der Waals surface area contributed by atoms with Crippen molar-refractivity contribution in [3.8, 4) is 0 Å². The average Bonchev–Trinajstić information content (AvgIpc) is 2.38. The van der Waals surface area contributed by atoms with Crippen LogP contribution in [0.1, 0.15) is 48.5 Å². The van der Waals surface area contributed by atoms with Gasteiger partial charge in [0.15, 0.2) is 0 Å². The molecule has 0 atom stereocenters. The van der Waals surface area contributed by atoms with Crippen LogP contribution in [0.4, 0.5) is 0 Å². The first-order chi connectivity index (χ1) is 8.65. The predicted octanol–water partition coefficient (Wildman–Crippen LogP) is 3.48. The minimum absolute atomic E-state index is 0.327. The predicted molar refractivity (Wildman–Crippen MR) is 69.6 cm³/mol. The van der Waals surface area contributed by atoms with Gasteiger partial charge in [0, 0.05) is 0 Å². The Labute approximate surface area is 108 Å². The number of carboxylic acid groups (broad SMARTS) is 1. The zero-order valence-electron chi connectivity index (χ0n) is 10.8. The van der Waals surface area contributed by atoms with Crippen molar-refractivity contribution in [3.05, 3.63) is 35.4 Å². The van der Waals surface area contributed by atoms with E-state index in [0.29, 0.717) is 18.3 Å². The van der Waals surface area contributed by atoms with E-state index in [1.54, 1.807) is 18.2 Å². The Bertz CT molecular complexity index is 406. The normalized spacial score (nSPS) is 23.8. The van der Waals surface area contributed by atoms with Crippen molar-refractivity contribution in [2.24, 2.45) is 5.92 Å². The number of rotatable bonds is 4. The van der Waals surface area contributed by atoms with Gasteiger partial charge in [-0.25, -0.2) is 4.79 Å². The van der Waals surface area contributed by atoms with Gasteiger partial charge in [-0.2, -0.15) is 0 Å². The number of ether oxygens (including phenoxy) is 1. The van der Waals surface area contributed by atoms with Crippen molar-refractivity contribution in [2.45, 2.75) is 45.3 Å². The smallest absolute Gasteiger partial charge is 0.335 e. The molecule has 1 aliphatic rings. The van der Waals surface area contributed by atoms with Crippen LogP contribution in [-0.2, 0) is 11.3 Å². The number of benzene rings is 1. The van der Waals surface area contributed by atoms with Gasteiger partial charge in [-0.15, -0.1) is 0 Å². The number of hydrogen-bond donors (Lipinski definition) is 1. The molecular weight excluding hydrogens is 228 g/mol. The standard InChI is InChI=1S/C15H20O3/c1-11-5-7-14(8-6-11)18-10-12-3-2-4-13(9-12)15(16)17/h2-4,9,11,14H,5-8,10H2,1H3,(H,16,17). The molecule has 18 heavy (non-hydrogen) atoms. The van der Waals surface area contributed by atoms with Crippen molar-refractivity contribution in [1.82, 2.24) is 0 Å². The van der Waals surface area contributed by atoms with E-state index in [-0.39, 0.29) is 0 Å². The van der Waals surface area contributed by atoms with Crippen LogP contribution in [0, 0.1) is 5.92 Å². The van der Waals surface area contributed by atoms with Crippen molar-refractivity contribution in [3.63, 3.8) is 0 Å². The highest BCUT2D eigenvalue weighted by molar-refractivity contribution is 5.87. The molecule has 2 rings (SSSR count). The third kappa shape index (κ3) is 3.57. The number of carboxylic acids is 1. The van der Waals surface area contributed by atoms with Gasteiger partial charge < -0.3 is 9.84 Å². The first-order valence-corrected chi connectivity index (χ1v) is 6.59. The van der Waals surface area contributed by atoms with Crippen molar-refractivity contribution >= 4 is 5.97 Å². The topological polar surface area (TPSA) is 46.5 Å². The first-order valence-electron chi connectivity index (χ1n) is 6.59. The summed E-state index contributed by atoms with van der Waals surface area (Å²) in [4.78, 5) is 10.9. The molecule has 3 nitrogen and oxygen atoms in total. The summed E-state index contributed by atoms with van der Waals surface area (Å²) in [5.41, 5.74) is 1.27. The van der Waals surface area contributed by atoms with E-state index in [0.717, 1.165) is 24.3 Å². The molecule has 1 aromatic rings. The van der Waals surface area contributed by atoms with Gasteiger partial charge in [0.25, 0.3) is 0 Å². The Hall–Kier alpha value is -1.35. The Morgan fingerprint density at radius 2 is 2.06 bits per heavy atom. The molecule has 0 saturated heterocycles. The highest BCUT2D eigenvalue weighted by Crippen LogP contribution is 2.26. The fourth-order valence-electron chi connectivity index (χ4n) is 2.40. The maximum Gasteiger partial charge on any atom is 0.335 e. The molecule has 0 spiro atoms. The van der Waals surface area contributed by atoms with Gasteiger partial charge >= 0.3 is 5.97 Å². The Morgan fingerprint density at radius 1 is 1.33 bits per heavy atom. The van der Waals surface area contributed by atoms with E-state index in [4.69, 9.17) is 9.84 Å². The zero-order valence-corrected chi connectivity index (χ0v) is 10.8. The van der Waals surface area contributed by atoms with Gasteiger partial charge in [0.1, 0.15) is 0 Å². The van der Waals surface area contributed by atoms with E-state index in [1.165, 1.54) is 12.8 Å². The van der Waals surface area contributed by atoms with Crippen LogP contribution in [0.2, 0.25) is 0 Å². The lowest BCUT2D eigenvalue weighted by atomic mass is 9.89. The molecule has 0 aromatic heterocycles. The average molecular weight is 248 g/mol. The minimum Gasteiger partial charge on any atom is -0.478 e. The minimum atomic E-state index is -0.886. The first kappa shape index (κ1) is 13.1. The van der Waals surface area contributed by atoms with Crippen molar-refractivity contribution in [2.75, 3.05) is 0 Å². The second kappa shape index (κ2) is 6.01. The number of hydrogen-bond acceptors (Lipinski definition) is 2. The van der Waals surface area contributed by atoms with Gasteiger partial charge in [0.2, 0.25) is 0 Å². The number of aromatic carboxylic acids is 1. The zero-order chi connectivity index (χ0) is 13.0. The molecule has 0 aliphatic heterocycles. The van der Waals surface area contributed by atoms with Crippen LogP contribution in [0.25, 0.3) is 0 Å². The summed E-state index contributed by atoms with van der Waals surface area (Å²) in [7, 11) is 0. The van der Waals surface area contributed by atoms with Gasteiger partial charge in [-0.1, -0.05) is 19.1 Å². The Morgan fingerprint density at radius 3 is 2.72 bits per heavy atom. The molecule has 98 valence electrons. The second-order valence-electron chi connectivity index (χ2n) is 5.20. The summed E-state index contributed by atoms with van der Waals surface area (Å²) in [6.45, 7) is 2.80. The van der Waals surface area contributed by atoms with E-state index < -0.39 is 5.97 Å². The Balaban J connectivity index is 1.86. The highest BCUT2D eigenvalue weighted by atomic mass is 16.5. The monoisotopic (exact) mass is 248 g/mol. The third-order valence-corrected chi connectivity index (χ3v) is 3.62. The van der Waals surface area contributed by atoms with E-state index in [1.807, 2.05) is 6.07 Å². The lowest BCUT2D eigenvalue weighted by molar-refractivity contribution is 0.00874. The molecule has 1 aromatic carbocycles. The van der Waals surface area contributed by atoms with Gasteiger partial charge in [0.05, 0.1) is 18.3 Å². The fraction of sp³-hybridized carbons (Fsp3) is 0.533. The largest absolute Gasteiger partial charge is 0.478 e. The Kier molecular flexibility index (Phi) is 4.37. The molecule has 0 heterocycles. The van der Waals surface area contributed by atoms with Crippen LogP contribution >= 0.6 is 0 Å². The lowest BCUT2D eigenvalue weighted by Crippen LogP contribution is -2.20. The van der Waals surface area contributed by atoms with E-state index >= 15 is 0 Å². The van der Waals surface area contributed by atoms with Crippen molar-refractivity contribution in [1.29, 1.82) is 0 Å². The molecule has 1 saturated carbocycles. The summed E-state index contributed by atoms with van der Waals surface area (Å²) < 4.78 is 5.86. The van der Waals surface area contributed by atoms with Crippen LogP contribution in [0.15, 0.2) is 24.3 Å². The third-order valence-electron chi connectivity index (χ3n) is 3.62. The molecule has 1 N–H and O–H groups in total. The maximum absolute atomic E-state index is 10.9. The molecule has 0 unspecified atom stereocenters. The summed E-state index contributed by atoms with van der Waals surface area (Å²) in [6.07, 6.45) is 5.06. The SMILES string of the molecule is CC1CCC(OCc2cccc(C(=O)O)c2)CC1. The van der Waals surface area contributed by atoms with Crippen LogP contribution in [0.5, 0.6) is 0 Å². The van der Waals surface area contributed by atoms with E-state index in [9.17, 15) is 4.79 Å². The second-order valence-corrected chi connectivity index (χ2v) is 5.20. The molecule has 3 heteroatoms. The molecule has 1 aliphatic carbocycles. The van der Waals surface area contributed by atoms with Crippen LogP contribution < -0.4 is 0 Å². The van der Waals surface area contributed by atoms with Gasteiger partial charge in [-0.05, 0) is 49.3 Å². The fourth-order valence-corrected chi connectivity index (χ4v) is 2.40. The van der Waals surface area contributed by atoms with Crippen LogP contribution in [-0.4, -0.2) is 17.2 Å². The summed E-state index contributed by atoms with van der Waals surface area (Å²) in [5.74, 6) is -0.0662. The molecule has 0 bridgehead atoms. The molecule has 0 radical (unpaired) electrons. The molecule has 0 amide bonds. The van der Waals surface area contributed by atoms with Crippen molar-refractivity contribution < 1.29 is 14.6 Å². The highest BCUT2D eigenvalue weighted by Gasteiger charge is 2.18. The van der Waals surface area contributed by atoms with Crippen LogP contribution in [0.3, 0.4) is 0 Å². The molecule has 1 fully saturated rings.